The lowest BCUT2D eigenvalue weighted by atomic mass is 9.69. The first-order valence-electron chi connectivity index (χ1n) is 14.2. The number of para-hydroxylation sites is 1. The Labute approximate surface area is 242 Å². The van der Waals surface area contributed by atoms with Gasteiger partial charge in [-0.25, -0.2) is 13.8 Å². The molecule has 0 bridgehead atoms. The molecule has 2 aromatic carbocycles. The fraction of sp³-hybridized carbons (Fsp3) is 0.375. The fourth-order valence-corrected chi connectivity index (χ4v) is 5.81. The summed E-state index contributed by atoms with van der Waals surface area (Å²) in [6.45, 7) is 7.18. The molecule has 42 heavy (non-hydrogen) atoms. The Bertz CT molecular complexity index is 1620. The summed E-state index contributed by atoms with van der Waals surface area (Å²) in [5.74, 6) is -0.803. The monoisotopic (exact) mass is 576 g/mol. The molecule has 8 nitrogen and oxygen atoms in total. The SMILES string of the molecule is CC1(C)COC(NC2=CC=CCC2(CCNc2cc(F)cc(F)c2)c2cccc3c(=O)cc(N4CCOCC4)oc23)=N1. The smallest absolute Gasteiger partial charge is 0.289 e. The van der Waals surface area contributed by atoms with Gasteiger partial charge in [0.05, 0.1) is 24.1 Å². The third kappa shape index (κ3) is 5.63. The van der Waals surface area contributed by atoms with Crippen LogP contribution in [0.3, 0.4) is 0 Å². The molecule has 0 radical (unpaired) electrons. The molecule has 1 atom stereocenters. The van der Waals surface area contributed by atoms with E-state index in [1.165, 1.54) is 12.1 Å². The van der Waals surface area contributed by atoms with Crippen molar-refractivity contribution >= 4 is 28.6 Å². The van der Waals surface area contributed by atoms with Crippen molar-refractivity contribution in [3.63, 3.8) is 0 Å². The van der Waals surface area contributed by atoms with E-state index in [9.17, 15) is 13.6 Å². The fourth-order valence-electron chi connectivity index (χ4n) is 5.81. The van der Waals surface area contributed by atoms with E-state index in [0.717, 1.165) is 17.3 Å². The predicted octanol–water partition coefficient (Wildman–Crippen LogP) is 5.25. The molecule has 0 saturated carbocycles. The quantitative estimate of drug-likeness (QED) is 0.398. The predicted molar refractivity (Wildman–Crippen MR) is 159 cm³/mol. The van der Waals surface area contributed by atoms with Crippen molar-refractivity contribution in [3.05, 3.63) is 93.8 Å². The third-order valence-corrected chi connectivity index (χ3v) is 7.91. The number of halogens is 2. The Morgan fingerprint density at radius 3 is 2.60 bits per heavy atom. The minimum absolute atomic E-state index is 0.127. The van der Waals surface area contributed by atoms with E-state index < -0.39 is 17.0 Å². The molecule has 1 unspecified atom stereocenters. The lowest BCUT2D eigenvalue weighted by Crippen LogP contribution is -2.41. The summed E-state index contributed by atoms with van der Waals surface area (Å²) < 4.78 is 45.8. The second kappa shape index (κ2) is 11.2. The highest BCUT2D eigenvalue weighted by Gasteiger charge is 2.40. The van der Waals surface area contributed by atoms with Gasteiger partial charge < -0.3 is 29.4 Å². The molecule has 10 heteroatoms. The largest absolute Gasteiger partial charge is 0.462 e. The molecule has 3 heterocycles. The second-order valence-corrected chi connectivity index (χ2v) is 11.5. The van der Waals surface area contributed by atoms with Crippen LogP contribution in [0.2, 0.25) is 0 Å². The topological polar surface area (TPSA) is 88.3 Å². The van der Waals surface area contributed by atoms with Crippen molar-refractivity contribution in [2.24, 2.45) is 4.99 Å². The summed E-state index contributed by atoms with van der Waals surface area (Å²) in [5, 5.41) is 7.09. The van der Waals surface area contributed by atoms with Gasteiger partial charge in [-0.1, -0.05) is 24.3 Å². The van der Waals surface area contributed by atoms with E-state index in [2.05, 4.69) is 16.7 Å². The van der Waals surface area contributed by atoms with Gasteiger partial charge in [-0.05, 0) is 51.0 Å². The summed E-state index contributed by atoms with van der Waals surface area (Å²) in [6.07, 6.45) is 7.08. The number of benzene rings is 2. The van der Waals surface area contributed by atoms with Crippen LogP contribution in [0.25, 0.3) is 11.0 Å². The summed E-state index contributed by atoms with van der Waals surface area (Å²) in [7, 11) is 0. The van der Waals surface area contributed by atoms with Crippen molar-refractivity contribution in [3.8, 4) is 0 Å². The van der Waals surface area contributed by atoms with Crippen LogP contribution in [0.5, 0.6) is 0 Å². The highest BCUT2D eigenvalue weighted by Crippen LogP contribution is 2.44. The number of nitrogens with zero attached hydrogens (tertiary/aromatic N) is 2. The van der Waals surface area contributed by atoms with E-state index in [0.29, 0.717) is 80.9 Å². The minimum atomic E-state index is -0.717. The number of hydrogen-bond acceptors (Lipinski definition) is 8. The number of amidine groups is 1. The molecule has 220 valence electrons. The van der Waals surface area contributed by atoms with Crippen molar-refractivity contribution in [2.75, 3.05) is 49.7 Å². The van der Waals surface area contributed by atoms with E-state index in [1.807, 2.05) is 43.0 Å². The molecule has 0 spiro atoms. The van der Waals surface area contributed by atoms with E-state index in [4.69, 9.17) is 18.9 Å². The van der Waals surface area contributed by atoms with Gasteiger partial charge in [0.2, 0.25) is 0 Å². The zero-order valence-electron chi connectivity index (χ0n) is 23.7. The van der Waals surface area contributed by atoms with Crippen LogP contribution in [0, 0.1) is 11.6 Å². The molecule has 1 saturated heterocycles. The molecule has 1 aliphatic carbocycles. The number of rotatable bonds is 7. The maximum atomic E-state index is 13.9. The highest BCUT2D eigenvalue weighted by molar-refractivity contribution is 5.84. The molecule has 1 fully saturated rings. The van der Waals surface area contributed by atoms with E-state index in [1.54, 1.807) is 12.1 Å². The van der Waals surface area contributed by atoms with Crippen molar-refractivity contribution in [2.45, 2.75) is 37.6 Å². The van der Waals surface area contributed by atoms with Gasteiger partial charge in [-0.2, -0.15) is 0 Å². The van der Waals surface area contributed by atoms with Gasteiger partial charge in [-0.3, -0.25) is 4.79 Å². The lowest BCUT2D eigenvalue weighted by Gasteiger charge is -2.38. The molecule has 2 N–H and O–H groups in total. The van der Waals surface area contributed by atoms with Gasteiger partial charge in [0.15, 0.2) is 11.3 Å². The van der Waals surface area contributed by atoms with Crippen molar-refractivity contribution in [1.29, 1.82) is 0 Å². The highest BCUT2D eigenvalue weighted by atomic mass is 19.1. The number of nitrogens with one attached hydrogen (secondary N) is 2. The average Bonchev–Trinajstić information content (AvgIpc) is 3.31. The number of morpholine rings is 1. The van der Waals surface area contributed by atoms with Crippen LogP contribution >= 0.6 is 0 Å². The Hall–Kier alpha value is -4.18. The number of allylic oxidation sites excluding steroid dienone is 4. The Morgan fingerprint density at radius 2 is 1.86 bits per heavy atom. The molecular weight excluding hydrogens is 542 g/mol. The maximum Gasteiger partial charge on any atom is 0.289 e. The number of anilines is 2. The van der Waals surface area contributed by atoms with E-state index in [-0.39, 0.29) is 11.0 Å². The molecule has 3 aromatic rings. The summed E-state index contributed by atoms with van der Waals surface area (Å²) >= 11 is 0. The molecule has 0 amide bonds. The van der Waals surface area contributed by atoms with Crippen LogP contribution in [-0.4, -0.2) is 51.0 Å². The minimum Gasteiger partial charge on any atom is -0.462 e. The Morgan fingerprint density at radius 1 is 1.07 bits per heavy atom. The van der Waals surface area contributed by atoms with Crippen LogP contribution in [-0.2, 0) is 14.9 Å². The van der Waals surface area contributed by atoms with Gasteiger partial charge >= 0.3 is 0 Å². The second-order valence-electron chi connectivity index (χ2n) is 11.5. The molecule has 6 rings (SSSR count). The van der Waals surface area contributed by atoms with Gasteiger partial charge in [0.1, 0.15) is 23.8 Å². The average molecular weight is 577 g/mol. The third-order valence-electron chi connectivity index (χ3n) is 7.91. The van der Waals surface area contributed by atoms with Crippen LogP contribution in [0.15, 0.2) is 80.6 Å². The lowest BCUT2D eigenvalue weighted by molar-refractivity contribution is 0.121. The van der Waals surface area contributed by atoms with Gasteiger partial charge in [0, 0.05) is 54.1 Å². The summed E-state index contributed by atoms with van der Waals surface area (Å²) in [4.78, 5) is 20.1. The van der Waals surface area contributed by atoms with Crippen molar-refractivity contribution < 1.29 is 22.7 Å². The normalized spacial score (nSPS) is 21.6. The van der Waals surface area contributed by atoms with Crippen LogP contribution in [0.1, 0.15) is 32.3 Å². The number of aliphatic imine (C=N–C) groups is 1. The molecule has 1 aromatic heterocycles. The summed E-state index contributed by atoms with van der Waals surface area (Å²) in [6, 6.07) is 11.0. The standard InChI is InChI=1S/C32H34F2N4O4/c1-31(2)20-41-30(37-31)36-27-8-3-4-9-32(27,10-11-35-23-17-21(33)16-22(34)18-23)25-7-5-6-24-26(39)19-28(42-29(24)25)38-12-14-40-15-13-38/h3-8,16-19,35H,9-15,20H2,1-2H3,(H,36,37). The van der Waals surface area contributed by atoms with E-state index >= 15 is 0 Å². The molecule has 3 aliphatic rings. The first-order valence-corrected chi connectivity index (χ1v) is 14.2. The van der Waals surface area contributed by atoms with Gasteiger partial charge in [0.25, 0.3) is 6.02 Å². The first-order chi connectivity index (χ1) is 20.2. The zero-order valence-corrected chi connectivity index (χ0v) is 23.7. The van der Waals surface area contributed by atoms with Gasteiger partial charge in [-0.15, -0.1) is 0 Å². The Balaban J connectivity index is 1.44. The van der Waals surface area contributed by atoms with Crippen molar-refractivity contribution in [1.82, 2.24) is 5.32 Å². The Kier molecular flexibility index (Phi) is 7.49. The van der Waals surface area contributed by atoms with Crippen LogP contribution in [0.4, 0.5) is 20.4 Å². The zero-order chi connectivity index (χ0) is 29.3. The molecular formula is C32H34F2N4O4. The van der Waals surface area contributed by atoms with Crippen LogP contribution < -0.4 is 21.0 Å². The number of ether oxygens (including phenoxy) is 2. The maximum absolute atomic E-state index is 13.9. The number of fused-ring (bicyclic) bond motifs is 1. The number of hydrogen-bond donors (Lipinski definition) is 2. The first kappa shape index (κ1) is 28.0. The molecule has 2 aliphatic heterocycles. The summed E-state index contributed by atoms with van der Waals surface area (Å²) in [5.41, 5.74) is 1.28.